The van der Waals surface area contributed by atoms with E-state index >= 15 is 0 Å². The summed E-state index contributed by atoms with van der Waals surface area (Å²) in [4.78, 5) is 22.6. The Morgan fingerprint density at radius 3 is 2.84 bits per heavy atom. The van der Waals surface area contributed by atoms with Crippen molar-refractivity contribution in [2.75, 3.05) is 30.8 Å². The van der Waals surface area contributed by atoms with Crippen molar-refractivity contribution < 1.29 is 22.7 Å². The number of carbonyl (C=O) groups excluding carboxylic acids is 1. The number of nitrogens with zero attached hydrogens (tertiary/aromatic N) is 2. The third kappa shape index (κ3) is 4.30. The van der Waals surface area contributed by atoms with Crippen molar-refractivity contribution in [1.29, 1.82) is 0 Å². The van der Waals surface area contributed by atoms with Crippen LogP contribution in [0.2, 0.25) is 0 Å². The fourth-order valence-corrected chi connectivity index (χ4v) is 4.00. The normalized spacial score (nSPS) is 16.5. The number of ether oxygens (including phenoxy) is 1. The molecule has 1 aromatic carbocycles. The van der Waals surface area contributed by atoms with Gasteiger partial charge in [0.25, 0.3) is 0 Å². The van der Waals surface area contributed by atoms with E-state index in [0.29, 0.717) is 27.6 Å². The van der Waals surface area contributed by atoms with Crippen LogP contribution >= 0.6 is 15.9 Å². The number of methoxy groups -OCH3 is 1. The average Bonchev–Trinajstić information content (AvgIpc) is 3.39. The lowest BCUT2D eigenvalue weighted by Crippen LogP contribution is -2.24. The molecule has 3 aromatic rings. The first-order valence-electron chi connectivity index (χ1n) is 9.34. The van der Waals surface area contributed by atoms with Crippen LogP contribution in [0.25, 0.3) is 22.2 Å². The Kier molecular flexibility index (Phi) is 5.75. The summed E-state index contributed by atoms with van der Waals surface area (Å²) < 4.78 is 46.2. The topological polar surface area (TPSA) is 104 Å². The number of aromatic amines is 1. The van der Waals surface area contributed by atoms with E-state index < -0.39 is 17.8 Å². The molecule has 0 bridgehead atoms. The fourth-order valence-electron chi connectivity index (χ4n) is 3.44. The van der Waals surface area contributed by atoms with E-state index in [1.54, 1.807) is 12.1 Å². The lowest BCUT2D eigenvalue weighted by Gasteiger charge is -2.15. The van der Waals surface area contributed by atoms with Gasteiger partial charge in [-0.2, -0.15) is 13.2 Å². The minimum absolute atomic E-state index is 0.0497. The molecule has 0 saturated carbocycles. The molecule has 1 aliphatic rings. The van der Waals surface area contributed by atoms with E-state index in [9.17, 15) is 18.0 Å². The van der Waals surface area contributed by atoms with E-state index in [-0.39, 0.29) is 23.2 Å². The molecular weight excluding hydrogens is 481 g/mol. The predicted octanol–water partition coefficient (Wildman–Crippen LogP) is 4.36. The molecule has 1 saturated heterocycles. The Bertz CT molecular complexity index is 1130. The molecule has 8 nitrogen and oxygen atoms in total. The lowest BCUT2D eigenvalue weighted by molar-refractivity contribution is -0.137. The highest BCUT2D eigenvalue weighted by atomic mass is 79.9. The number of alkyl halides is 3. The number of halogens is 4. The molecule has 1 amide bonds. The van der Waals surface area contributed by atoms with E-state index in [2.05, 4.69) is 51.6 Å². The smallest absolute Gasteiger partial charge is 0.419 e. The first-order chi connectivity index (χ1) is 14.8. The van der Waals surface area contributed by atoms with Crippen LogP contribution in [-0.2, 0) is 10.9 Å². The van der Waals surface area contributed by atoms with Crippen LogP contribution in [-0.4, -0.2) is 47.3 Å². The monoisotopic (exact) mass is 498 g/mol. The number of H-pyrrole nitrogens is 1. The van der Waals surface area contributed by atoms with Gasteiger partial charge in [0.1, 0.15) is 5.56 Å². The predicted molar refractivity (Wildman–Crippen MR) is 113 cm³/mol. The Balaban J connectivity index is 1.79. The highest BCUT2D eigenvalue weighted by molar-refractivity contribution is 9.10. The molecule has 1 aliphatic heterocycles. The number of benzene rings is 1. The molecule has 1 fully saturated rings. The van der Waals surface area contributed by atoms with Crippen molar-refractivity contribution in [1.82, 2.24) is 20.3 Å². The van der Waals surface area contributed by atoms with Crippen LogP contribution in [0.5, 0.6) is 0 Å². The van der Waals surface area contributed by atoms with Gasteiger partial charge in [-0.3, -0.25) is 5.32 Å². The Hall–Kier alpha value is -2.86. The molecule has 4 rings (SSSR count). The van der Waals surface area contributed by atoms with Crippen LogP contribution in [0.4, 0.5) is 29.6 Å². The van der Waals surface area contributed by atoms with Crippen LogP contribution in [0, 0.1) is 0 Å². The SMILES string of the molecule is COC(=O)Nc1ccc2c(-c3nc(N[C@@H]4CCNC4)ncc3C(F)(F)F)c[nH]c2c1Br. The summed E-state index contributed by atoms with van der Waals surface area (Å²) in [5.74, 6) is 0.133. The Morgan fingerprint density at radius 2 is 2.16 bits per heavy atom. The van der Waals surface area contributed by atoms with E-state index in [1.807, 2.05) is 0 Å². The standard InChI is InChI=1S/C19H18BrF3N6O2/c1-31-18(30)28-13-3-2-10-11(7-25-16(10)14(13)20)15-12(19(21,22)23)8-26-17(29-15)27-9-4-5-24-6-9/h2-3,7-9,24-25H,4-6H2,1H3,(H,28,30)(H,26,27,29)/t9-/m1/s1. The van der Waals surface area contributed by atoms with Gasteiger partial charge in [-0.1, -0.05) is 6.07 Å². The van der Waals surface area contributed by atoms with Gasteiger partial charge in [0.2, 0.25) is 5.95 Å². The third-order valence-corrected chi connectivity index (χ3v) is 5.78. The fraction of sp³-hybridized carbons (Fsp3) is 0.316. The van der Waals surface area contributed by atoms with E-state index in [1.165, 1.54) is 13.3 Å². The molecule has 0 unspecified atom stereocenters. The number of hydrogen-bond donors (Lipinski definition) is 4. The molecule has 31 heavy (non-hydrogen) atoms. The van der Waals surface area contributed by atoms with E-state index in [4.69, 9.17) is 0 Å². The number of carbonyl (C=O) groups is 1. The molecule has 0 radical (unpaired) electrons. The summed E-state index contributed by atoms with van der Waals surface area (Å²) in [6.45, 7) is 1.51. The highest BCUT2D eigenvalue weighted by Crippen LogP contribution is 2.41. The zero-order valence-corrected chi connectivity index (χ0v) is 17.8. The molecule has 0 aliphatic carbocycles. The second-order valence-electron chi connectivity index (χ2n) is 6.96. The summed E-state index contributed by atoms with van der Waals surface area (Å²) in [6, 6.07) is 3.22. The second kappa shape index (κ2) is 8.35. The maximum absolute atomic E-state index is 13.7. The summed E-state index contributed by atoms with van der Waals surface area (Å²) in [5, 5.41) is 9.30. The summed E-state index contributed by atoms with van der Waals surface area (Å²) in [7, 11) is 1.23. The number of hydrogen-bond acceptors (Lipinski definition) is 6. The van der Waals surface area contributed by atoms with Crippen LogP contribution in [0.3, 0.4) is 0 Å². The van der Waals surface area contributed by atoms with Crippen molar-refractivity contribution in [2.45, 2.75) is 18.6 Å². The largest absolute Gasteiger partial charge is 0.453 e. The van der Waals surface area contributed by atoms with Gasteiger partial charge in [-0.25, -0.2) is 14.8 Å². The van der Waals surface area contributed by atoms with Crippen molar-refractivity contribution in [3.63, 3.8) is 0 Å². The molecule has 164 valence electrons. The summed E-state index contributed by atoms with van der Waals surface area (Å²) in [5.41, 5.74) is 0.00881. The number of nitrogens with one attached hydrogen (secondary N) is 4. The zero-order valence-electron chi connectivity index (χ0n) is 16.2. The first kappa shape index (κ1) is 21.4. The molecule has 3 heterocycles. The molecule has 12 heteroatoms. The van der Waals surface area contributed by atoms with Gasteiger partial charge in [0.15, 0.2) is 0 Å². The minimum Gasteiger partial charge on any atom is -0.453 e. The van der Waals surface area contributed by atoms with Crippen LogP contribution < -0.4 is 16.0 Å². The molecule has 4 N–H and O–H groups in total. The first-order valence-corrected chi connectivity index (χ1v) is 10.1. The zero-order chi connectivity index (χ0) is 22.2. The Morgan fingerprint density at radius 1 is 1.35 bits per heavy atom. The molecule has 1 atom stereocenters. The molecule has 2 aromatic heterocycles. The van der Waals surface area contributed by atoms with Gasteiger partial charge in [-0.05, 0) is 35.0 Å². The summed E-state index contributed by atoms with van der Waals surface area (Å²) in [6.07, 6.45) is -2.21. The van der Waals surface area contributed by atoms with Gasteiger partial charge in [0, 0.05) is 35.9 Å². The highest BCUT2D eigenvalue weighted by Gasteiger charge is 2.36. The molecule has 0 spiro atoms. The quantitative estimate of drug-likeness (QED) is 0.426. The number of fused-ring (bicyclic) bond motifs is 1. The maximum Gasteiger partial charge on any atom is 0.419 e. The van der Waals surface area contributed by atoms with Crippen LogP contribution in [0.1, 0.15) is 12.0 Å². The van der Waals surface area contributed by atoms with Gasteiger partial charge in [-0.15, -0.1) is 0 Å². The minimum atomic E-state index is -4.63. The molecular formula is C19H18BrF3N6O2. The van der Waals surface area contributed by atoms with Gasteiger partial charge >= 0.3 is 12.3 Å². The number of anilines is 2. The summed E-state index contributed by atoms with van der Waals surface area (Å²) >= 11 is 3.38. The maximum atomic E-state index is 13.7. The average molecular weight is 499 g/mol. The van der Waals surface area contributed by atoms with E-state index in [0.717, 1.165) is 19.2 Å². The van der Waals surface area contributed by atoms with Crippen molar-refractivity contribution >= 4 is 44.6 Å². The van der Waals surface area contributed by atoms with Gasteiger partial charge in [0.05, 0.1) is 28.5 Å². The van der Waals surface area contributed by atoms with Gasteiger partial charge < -0.3 is 20.4 Å². The van der Waals surface area contributed by atoms with Crippen LogP contribution in [0.15, 0.2) is 29.0 Å². The lowest BCUT2D eigenvalue weighted by atomic mass is 10.1. The number of aromatic nitrogens is 3. The third-order valence-electron chi connectivity index (χ3n) is 4.96. The second-order valence-corrected chi connectivity index (χ2v) is 7.75. The number of amides is 1. The number of rotatable bonds is 4. The Labute approximate surface area is 183 Å². The van der Waals surface area contributed by atoms with Crippen molar-refractivity contribution in [3.8, 4) is 11.3 Å². The van der Waals surface area contributed by atoms with Crippen molar-refractivity contribution in [3.05, 3.63) is 34.6 Å². The van der Waals surface area contributed by atoms with Crippen molar-refractivity contribution in [2.24, 2.45) is 0 Å².